The van der Waals surface area contributed by atoms with E-state index in [1.165, 1.54) is 12.1 Å². The SMILES string of the molecule is CCCN(CCC)C(=O)C1=CC(C)=CC(C(N)=O)([C@H](Cc2cc(F)cc(F)c2)[C@@H](O)CNCc2cccc(CC)n2)C1. The molecule has 0 spiro atoms. The third-order valence-electron chi connectivity index (χ3n) is 7.77. The number of aromatic nitrogens is 1. The molecule has 0 bridgehead atoms. The Morgan fingerprint density at radius 3 is 2.33 bits per heavy atom. The summed E-state index contributed by atoms with van der Waals surface area (Å²) in [5.74, 6) is -3.30. The lowest BCUT2D eigenvalue weighted by Crippen LogP contribution is -2.51. The first-order chi connectivity index (χ1) is 20.0. The molecule has 42 heavy (non-hydrogen) atoms. The molecule has 1 aromatic heterocycles. The summed E-state index contributed by atoms with van der Waals surface area (Å²) < 4.78 is 28.4. The highest BCUT2D eigenvalue weighted by atomic mass is 19.1. The lowest BCUT2D eigenvalue weighted by Gasteiger charge is -2.42. The number of aliphatic hydroxyl groups excluding tert-OH is 1. The van der Waals surface area contributed by atoms with Gasteiger partial charge in [-0.1, -0.05) is 44.6 Å². The van der Waals surface area contributed by atoms with Crippen LogP contribution in [0.5, 0.6) is 0 Å². The summed E-state index contributed by atoms with van der Waals surface area (Å²) in [4.78, 5) is 33.4. The number of benzene rings is 1. The standard InChI is InChI=1S/C33H44F2N4O3/c1-5-11-39(12-6-2)31(41)24-13-22(4)18-33(19-24,32(36)42)29(16-23-14-25(34)17-26(35)15-23)30(40)21-37-20-28-10-8-9-27(7-3)38-28/h8-10,13-15,17-18,29-30,37,40H,5-7,11-12,16,19-21H2,1-4H3,(H2,36,42)/t29-,30+,33?/m1/s1. The maximum Gasteiger partial charge on any atom is 0.249 e. The first-order valence-corrected chi connectivity index (χ1v) is 14.8. The molecule has 7 nitrogen and oxygen atoms in total. The van der Waals surface area contributed by atoms with Crippen LogP contribution in [0.2, 0.25) is 0 Å². The molecule has 1 aliphatic rings. The van der Waals surface area contributed by atoms with Gasteiger partial charge in [0, 0.05) is 49.4 Å². The van der Waals surface area contributed by atoms with Crippen molar-refractivity contribution < 1.29 is 23.5 Å². The Hall–Kier alpha value is -3.43. The number of rotatable bonds is 15. The van der Waals surface area contributed by atoms with E-state index in [4.69, 9.17) is 5.73 Å². The molecule has 1 aromatic carbocycles. The second-order valence-corrected chi connectivity index (χ2v) is 11.2. The molecule has 0 fully saturated rings. The van der Waals surface area contributed by atoms with Crippen molar-refractivity contribution in [3.8, 4) is 0 Å². The molecule has 1 heterocycles. The highest BCUT2D eigenvalue weighted by molar-refractivity contribution is 5.96. The molecule has 2 amide bonds. The number of aryl methyl sites for hydroxylation is 1. The molecule has 0 aliphatic heterocycles. The smallest absolute Gasteiger partial charge is 0.249 e. The summed E-state index contributed by atoms with van der Waals surface area (Å²) in [6.45, 7) is 9.37. The van der Waals surface area contributed by atoms with Crippen molar-refractivity contribution in [2.75, 3.05) is 19.6 Å². The number of nitrogens with one attached hydrogen (secondary N) is 1. The zero-order chi connectivity index (χ0) is 30.9. The maximum absolute atomic E-state index is 14.2. The number of hydrogen-bond acceptors (Lipinski definition) is 5. The van der Waals surface area contributed by atoms with Gasteiger partial charge < -0.3 is 21.1 Å². The van der Waals surface area contributed by atoms with Crippen LogP contribution in [-0.2, 0) is 29.0 Å². The second-order valence-electron chi connectivity index (χ2n) is 11.2. The first-order valence-electron chi connectivity index (χ1n) is 14.8. The number of aliphatic hydroxyl groups is 1. The fraction of sp³-hybridized carbons (Fsp3) is 0.485. The van der Waals surface area contributed by atoms with Gasteiger partial charge in [0.2, 0.25) is 11.8 Å². The molecule has 0 saturated heterocycles. The van der Waals surface area contributed by atoms with Crippen LogP contribution in [0.15, 0.2) is 59.7 Å². The van der Waals surface area contributed by atoms with Crippen LogP contribution in [0.1, 0.15) is 63.9 Å². The third-order valence-corrected chi connectivity index (χ3v) is 7.77. The Bertz CT molecular complexity index is 1290. The number of amides is 2. The van der Waals surface area contributed by atoms with E-state index in [1.807, 2.05) is 39.0 Å². The van der Waals surface area contributed by atoms with Gasteiger partial charge in [-0.15, -0.1) is 0 Å². The van der Waals surface area contributed by atoms with E-state index in [0.29, 0.717) is 30.8 Å². The predicted molar refractivity (Wildman–Crippen MR) is 160 cm³/mol. The van der Waals surface area contributed by atoms with E-state index in [1.54, 1.807) is 24.0 Å². The minimum atomic E-state index is -1.47. The number of pyridine rings is 1. The van der Waals surface area contributed by atoms with Crippen molar-refractivity contribution in [1.29, 1.82) is 0 Å². The summed E-state index contributed by atoms with van der Waals surface area (Å²) in [5, 5.41) is 14.8. The zero-order valence-corrected chi connectivity index (χ0v) is 25.1. The lowest BCUT2D eigenvalue weighted by molar-refractivity contribution is -0.132. The largest absolute Gasteiger partial charge is 0.391 e. The van der Waals surface area contributed by atoms with E-state index in [2.05, 4.69) is 10.3 Å². The zero-order valence-electron chi connectivity index (χ0n) is 25.1. The van der Waals surface area contributed by atoms with E-state index in [0.717, 1.165) is 36.7 Å². The Kier molecular flexibility index (Phi) is 11.9. The molecule has 3 rings (SSSR count). The van der Waals surface area contributed by atoms with E-state index >= 15 is 0 Å². The molecule has 228 valence electrons. The molecule has 0 saturated carbocycles. The Labute approximate surface area is 247 Å². The molecule has 4 N–H and O–H groups in total. The molecule has 9 heteroatoms. The Morgan fingerprint density at radius 1 is 1.10 bits per heavy atom. The average molecular weight is 583 g/mol. The van der Waals surface area contributed by atoms with Gasteiger partial charge in [-0.25, -0.2) is 8.78 Å². The van der Waals surface area contributed by atoms with Gasteiger partial charge >= 0.3 is 0 Å². The van der Waals surface area contributed by atoms with Crippen molar-refractivity contribution in [3.63, 3.8) is 0 Å². The minimum Gasteiger partial charge on any atom is -0.391 e. The van der Waals surface area contributed by atoms with Crippen molar-refractivity contribution in [2.24, 2.45) is 17.1 Å². The second kappa shape index (κ2) is 15.2. The van der Waals surface area contributed by atoms with Gasteiger partial charge in [-0.05, 0) is 68.9 Å². The average Bonchev–Trinajstić information content (AvgIpc) is 2.94. The highest BCUT2D eigenvalue weighted by Gasteiger charge is 2.48. The highest BCUT2D eigenvalue weighted by Crippen LogP contribution is 2.44. The summed E-state index contributed by atoms with van der Waals surface area (Å²) in [5.41, 5.74) is 7.73. The summed E-state index contributed by atoms with van der Waals surface area (Å²) in [6.07, 6.45) is 4.60. The number of carbonyl (C=O) groups is 2. The van der Waals surface area contributed by atoms with Crippen LogP contribution in [0.3, 0.4) is 0 Å². The van der Waals surface area contributed by atoms with Crippen molar-refractivity contribution in [2.45, 2.75) is 72.4 Å². The molecule has 0 radical (unpaired) electrons. The van der Waals surface area contributed by atoms with Crippen LogP contribution < -0.4 is 11.1 Å². The van der Waals surface area contributed by atoms with Crippen molar-refractivity contribution in [3.05, 3.63) is 88.3 Å². The fourth-order valence-electron chi connectivity index (χ4n) is 5.87. The van der Waals surface area contributed by atoms with Crippen LogP contribution in [0, 0.1) is 23.0 Å². The Balaban J connectivity index is 1.98. The maximum atomic E-state index is 14.2. The van der Waals surface area contributed by atoms with E-state index < -0.39 is 35.0 Å². The summed E-state index contributed by atoms with van der Waals surface area (Å²) >= 11 is 0. The van der Waals surface area contributed by atoms with Crippen LogP contribution in [-0.4, -0.2) is 52.5 Å². The summed E-state index contributed by atoms with van der Waals surface area (Å²) in [6, 6.07) is 8.90. The number of nitrogens with zero attached hydrogens (tertiary/aromatic N) is 2. The number of nitrogens with two attached hydrogens (primary N) is 1. The molecule has 3 atom stereocenters. The number of carbonyl (C=O) groups excluding carboxylic acids is 2. The van der Waals surface area contributed by atoms with Crippen molar-refractivity contribution >= 4 is 11.8 Å². The number of primary amides is 1. The number of halogens is 2. The van der Waals surface area contributed by atoms with Gasteiger partial charge in [-0.2, -0.15) is 0 Å². The van der Waals surface area contributed by atoms with Gasteiger partial charge in [0.1, 0.15) is 11.6 Å². The molecular weight excluding hydrogens is 538 g/mol. The first kappa shape index (κ1) is 33.1. The van der Waals surface area contributed by atoms with Crippen molar-refractivity contribution in [1.82, 2.24) is 15.2 Å². The lowest BCUT2D eigenvalue weighted by atomic mass is 9.63. The molecule has 2 aromatic rings. The summed E-state index contributed by atoms with van der Waals surface area (Å²) in [7, 11) is 0. The quantitative estimate of drug-likeness (QED) is 0.284. The van der Waals surface area contributed by atoms with E-state index in [-0.39, 0.29) is 30.9 Å². The molecular formula is C33H44F2N4O3. The molecule has 1 unspecified atom stereocenters. The fourth-order valence-corrected chi connectivity index (χ4v) is 5.87. The topological polar surface area (TPSA) is 109 Å². The van der Waals surface area contributed by atoms with Gasteiger partial charge in [0.25, 0.3) is 0 Å². The monoisotopic (exact) mass is 582 g/mol. The van der Waals surface area contributed by atoms with Gasteiger partial charge in [0.15, 0.2) is 0 Å². The van der Waals surface area contributed by atoms with Crippen LogP contribution in [0.4, 0.5) is 8.78 Å². The van der Waals surface area contributed by atoms with E-state index in [9.17, 15) is 23.5 Å². The minimum absolute atomic E-state index is 0.0257. The van der Waals surface area contributed by atoms with Crippen LogP contribution >= 0.6 is 0 Å². The van der Waals surface area contributed by atoms with Crippen LogP contribution in [0.25, 0.3) is 0 Å². The molecule has 1 aliphatic carbocycles. The number of hydrogen-bond donors (Lipinski definition) is 3. The number of allylic oxidation sites excluding steroid dienone is 2. The normalized spacial score (nSPS) is 18.2. The Morgan fingerprint density at radius 2 is 1.74 bits per heavy atom. The predicted octanol–water partition coefficient (Wildman–Crippen LogP) is 4.63. The third kappa shape index (κ3) is 8.32. The van der Waals surface area contributed by atoms with Gasteiger partial charge in [-0.3, -0.25) is 14.6 Å². The van der Waals surface area contributed by atoms with Gasteiger partial charge in [0.05, 0.1) is 17.2 Å².